The number of pyridine rings is 1. The van der Waals surface area contributed by atoms with Gasteiger partial charge in [0.15, 0.2) is 0 Å². The number of nitrogens with two attached hydrogens (primary N) is 1. The Balaban J connectivity index is 1.22. The number of benzene rings is 1. The predicted octanol–water partition coefficient (Wildman–Crippen LogP) is 5.08. The summed E-state index contributed by atoms with van der Waals surface area (Å²) < 4.78 is 7.77. The first-order valence-electron chi connectivity index (χ1n) is 15.1. The van der Waals surface area contributed by atoms with Gasteiger partial charge >= 0.3 is 0 Å². The molecule has 43 heavy (non-hydrogen) atoms. The molecule has 0 spiro atoms. The highest BCUT2D eigenvalue weighted by Crippen LogP contribution is 2.41. The Morgan fingerprint density at radius 2 is 1.88 bits per heavy atom. The van der Waals surface area contributed by atoms with Gasteiger partial charge in [0.2, 0.25) is 5.91 Å². The Labute approximate surface area is 249 Å². The Morgan fingerprint density at radius 3 is 2.72 bits per heavy atom. The third-order valence-corrected chi connectivity index (χ3v) is 8.59. The van der Waals surface area contributed by atoms with Crippen LogP contribution in [0.15, 0.2) is 54.9 Å². The van der Waals surface area contributed by atoms with Crippen molar-refractivity contribution in [3.05, 3.63) is 77.5 Å². The van der Waals surface area contributed by atoms with Crippen LogP contribution in [0, 0.1) is 0 Å². The highest BCUT2D eigenvalue weighted by atomic mass is 16.5. The normalized spacial score (nSPS) is 20.8. The molecule has 1 aliphatic heterocycles. The Morgan fingerprint density at radius 1 is 1.05 bits per heavy atom. The van der Waals surface area contributed by atoms with Gasteiger partial charge in [0.1, 0.15) is 28.7 Å². The first-order chi connectivity index (χ1) is 21.0. The number of carbonyl (C=O) groups excluding carboxylic acids is 2. The molecule has 0 radical (unpaired) electrons. The van der Waals surface area contributed by atoms with Crippen LogP contribution < -0.4 is 16.4 Å². The zero-order valence-corrected chi connectivity index (χ0v) is 24.0. The number of rotatable bonds is 4. The summed E-state index contributed by atoms with van der Waals surface area (Å²) in [5.41, 5.74) is 11.4. The summed E-state index contributed by atoms with van der Waals surface area (Å²) in [5.74, 6) is 2.39. The van der Waals surface area contributed by atoms with Crippen LogP contribution in [0.1, 0.15) is 84.2 Å². The largest absolute Gasteiger partial charge is 0.382 e. The van der Waals surface area contributed by atoms with Gasteiger partial charge in [0.25, 0.3) is 5.91 Å². The van der Waals surface area contributed by atoms with Gasteiger partial charge < -0.3 is 21.1 Å². The summed E-state index contributed by atoms with van der Waals surface area (Å²) in [4.78, 5) is 39.6. The number of nitrogens with one attached hydrogen (secondary N) is 2. The lowest BCUT2D eigenvalue weighted by Gasteiger charge is -2.14. The van der Waals surface area contributed by atoms with Gasteiger partial charge in [-0.25, -0.2) is 15.0 Å². The molecule has 10 heteroatoms. The molecule has 2 atom stereocenters. The van der Waals surface area contributed by atoms with Crippen molar-refractivity contribution in [3.63, 3.8) is 0 Å². The van der Waals surface area contributed by atoms with Crippen molar-refractivity contribution in [1.82, 2.24) is 24.7 Å². The highest BCUT2D eigenvalue weighted by Gasteiger charge is 2.32. The molecule has 7 rings (SSSR count). The minimum atomic E-state index is -0.216. The van der Waals surface area contributed by atoms with Gasteiger partial charge in [-0.2, -0.15) is 0 Å². The monoisotopic (exact) mass is 577 g/mol. The molecule has 2 amide bonds. The lowest BCUT2D eigenvalue weighted by atomic mass is 10.1. The molecule has 2 aliphatic carbocycles. The summed E-state index contributed by atoms with van der Waals surface area (Å²) >= 11 is 0. The number of nitrogens with zero attached hydrogens (tertiary/aromatic N) is 4. The molecule has 10 nitrogen and oxygen atoms in total. The maximum absolute atomic E-state index is 13.1. The number of anilines is 2. The van der Waals surface area contributed by atoms with Gasteiger partial charge in [0.05, 0.1) is 25.1 Å². The molecule has 0 unspecified atom stereocenters. The van der Waals surface area contributed by atoms with E-state index in [1.807, 2.05) is 30.3 Å². The van der Waals surface area contributed by atoms with E-state index in [1.165, 1.54) is 18.4 Å². The molecule has 4 N–H and O–H groups in total. The summed E-state index contributed by atoms with van der Waals surface area (Å²) in [6.45, 7) is 0.949. The second kappa shape index (κ2) is 11.6. The van der Waals surface area contributed by atoms with Gasteiger partial charge in [-0.05, 0) is 80.3 Å². The number of amides is 2. The second-order valence-corrected chi connectivity index (χ2v) is 11.7. The maximum atomic E-state index is 13.1. The number of nitrogen functional groups attached to an aromatic ring is 1. The van der Waals surface area contributed by atoms with Crippen LogP contribution in [0.5, 0.6) is 0 Å². The summed E-state index contributed by atoms with van der Waals surface area (Å²) in [6, 6.07) is 11.5. The average molecular weight is 578 g/mol. The van der Waals surface area contributed by atoms with Crippen LogP contribution in [0.25, 0.3) is 22.9 Å². The number of fused-ring (bicyclic) bond motifs is 3. The van der Waals surface area contributed by atoms with Gasteiger partial charge in [-0.3, -0.25) is 14.0 Å². The quantitative estimate of drug-likeness (QED) is 0.308. The minimum Gasteiger partial charge on any atom is -0.382 e. The van der Waals surface area contributed by atoms with Crippen LogP contribution >= 0.6 is 0 Å². The highest BCUT2D eigenvalue weighted by molar-refractivity contribution is 6.04. The minimum absolute atomic E-state index is 0.0226. The third-order valence-electron chi connectivity index (χ3n) is 8.59. The van der Waals surface area contributed by atoms with E-state index in [4.69, 9.17) is 15.5 Å². The molecule has 3 aliphatic rings. The molecule has 2 saturated carbocycles. The number of ether oxygens (including phenoxy) is 1. The third kappa shape index (κ3) is 5.75. The van der Waals surface area contributed by atoms with Crippen LogP contribution in [-0.2, 0) is 9.53 Å². The second-order valence-electron chi connectivity index (χ2n) is 11.7. The summed E-state index contributed by atoms with van der Waals surface area (Å²) in [7, 11) is 0. The van der Waals surface area contributed by atoms with Crippen molar-refractivity contribution in [1.29, 1.82) is 0 Å². The fraction of sp³-hybridized carbons (Fsp3) is 0.364. The van der Waals surface area contributed by atoms with Crippen molar-refractivity contribution in [3.8, 4) is 11.3 Å². The number of hydrogen-bond acceptors (Lipinski definition) is 7. The molecule has 1 aromatic carbocycles. The molecule has 220 valence electrons. The van der Waals surface area contributed by atoms with E-state index in [9.17, 15) is 9.59 Å². The molecule has 4 heterocycles. The van der Waals surface area contributed by atoms with E-state index in [0.29, 0.717) is 49.2 Å². The van der Waals surface area contributed by atoms with E-state index in [-0.39, 0.29) is 23.8 Å². The van der Waals surface area contributed by atoms with Crippen molar-refractivity contribution in [2.75, 3.05) is 24.3 Å². The van der Waals surface area contributed by atoms with Crippen molar-refractivity contribution >= 4 is 35.0 Å². The standard InChI is InChI=1S/C33H35N7O3/c34-31-30-29(21-6-8-22(9-7-21)33(42)38-27-18-23(12-14-35-27)20-4-5-20)39-32-24-10-11-25(17-24)37-28(41)13-16-43-15-2-1-3-26(19-36-31)40(30)32/h1,3,6-9,12,14,18-20,24-25H,2,4-5,10-11,13,15-17H2,(H2,34,36)(H,37,41)(H,35,38,42)/t24-,25-/m1/s1. The maximum Gasteiger partial charge on any atom is 0.256 e. The average Bonchev–Trinajstić information content (AvgIpc) is 3.64. The van der Waals surface area contributed by atoms with Crippen molar-refractivity contribution < 1.29 is 14.3 Å². The fourth-order valence-electron chi connectivity index (χ4n) is 6.21. The molecule has 4 aromatic rings. The molecule has 3 aromatic heterocycles. The molecule has 2 fully saturated rings. The number of carbonyl (C=O) groups is 2. The summed E-state index contributed by atoms with van der Waals surface area (Å²) in [6.07, 6.45) is 13.6. The zero-order valence-electron chi connectivity index (χ0n) is 24.0. The van der Waals surface area contributed by atoms with Crippen molar-refractivity contribution in [2.45, 2.75) is 62.8 Å². The van der Waals surface area contributed by atoms with Gasteiger partial charge in [-0.15, -0.1) is 0 Å². The Kier molecular flexibility index (Phi) is 7.36. The van der Waals surface area contributed by atoms with Crippen LogP contribution in [-0.4, -0.2) is 50.4 Å². The number of hydrogen-bond donors (Lipinski definition) is 3. The van der Waals surface area contributed by atoms with Crippen LogP contribution in [0.2, 0.25) is 0 Å². The first-order valence-corrected chi connectivity index (χ1v) is 15.1. The van der Waals surface area contributed by atoms with E-state index >= 15 is 0 Å². The van der Waals surface area contributed by atoms with Gasteiger partial charge in [0, 0.05) is 35.7 Å². The SMILES string of the molecule is Nc1ncc2n3c(nc(-c4ccc(C(=O)Nc5cc(C6CC6)ccn5)cc4)c13)[C@@H]1CC[C@H](C1)NC(=O)CCOCCC=C2. The van der Waals surface area contributed by atoms with E-state index in [1.54, 1.807) is 24.5 Å². The predicted molar refractivity (Wildman–Crippen MR) is 165 cm³/mol. The topological polar surface area (TPSA) is 137 Å². The first kappa shape index (κ1) is 27.3. The Hall–Kier alpha value is -4.57. The fourth-order valence-corrected chi connectivity index (χ4v) is 6.21. The lowest BCUT2D eigenvalue weighted by molar-refractivity contribution is -0.122. The zero-order chi connectivity index (χ0) is 29.3. The molecule has 0 saturated heterocycles. The number of imidazole rings is 1. The van der Waals surface area contributed by atoms with E-state index in [0.717, 1.165) is 47.6 Å². The van der Waals surface area contributed by atoms with Crippen LogP contribution in [0.4, 0.5) is 11.6 Å². The van der Waals surface area contributed by atoms with E-state index < -0.39 is 0 Å². The molecular formula is C33H35N7O3. The molecule has 2 bridgehead atoms. The number of aromatic nitrogens is 4. The smallest absolute Gasteiger partial charge is 0.256 e. The van der Waals surface area contributed by atoms with Crippen LogP contribution in [0.3, 0.4) is 0 Å². The summed E-state index contributed by atoms with van der Waals surface area (Å²) in [5, 5.41) is 6.11. The van der Waals surface area contributed by atoms with Gasteiger partial charge in [-0.1, -0.05) is 18.2 Å². The Bertz CT molecular complexity index is 1710. The lowest BCUT2D eigenvalue weighted by Crippen LogP contribution is -2.33. The van der Waals surface area contributed by atoms with E-state index in [2.05, 4.69) is 31.1 Å². The molecular weight excluding hydrogens is 542 g/mol. The van der Waals surface area contributed by atoms with Crippen molar-refractivity contribution in [2.24, 2.45) is 0 Å².